The van der Waals surface area contributed by atoms with Gasteiger partial charge in [0.25, 0.3) is 5.91 Å². The molecule has 0 radical (unpaired) electrons. The highest BCUT2D eigenvalue weighted by Gasteiger charge is 2.19. The molecule has 7 heteroatoms. The number of nitrogens with one attached hydrogen (secondary N) is 1. The van der Waals surface area contributed by atoms with Crippen LogP contribution in [0.3, 0.4) is 0 Å². The molecule has 0 bridgehead atoms. The fraction of sp³-hybridized carbons (Fsp3) is 0.481. The number of aryl methyl sites for hydroxylation is 1. The molecule has 3 N–H and O–H groups in total. The number of benzene rings is 2. The van der Waals surface area contributed by atoms with E-state index in [2.05, 4.69) is 37.6 Å². The number of hydrogen-bond acceptors (Lipinski definition) is 4. The van der Waals surface area contributed by atoms with Gasteiger partial charge in [-0.1, -0.05) is 39.3 Å². The minimum atomic E-state index is 0.0852. The van der Waals surface area contributed by atoms with Crippen LogP contribution in [0.1, 0.15) is 57.3 Å². The molecular weight excluding hydrogens is 446 g/mol. The molecule has 0 saturated carbocycles. The van der Waals surface area contributed by atoms with Crippen molar-refractivity contribution in [3.8, 4) is 0 Å². The van der Waals surface area contributed by atoms with Crippen molar-refractivity contribution in [2.24, 2.45) is 17.6 Å². The molecule has 0 aliphatic rings. The van der Waals surface area contributed by atoms with E-state index in [0.29, 0.717) is 35.5 Å². The lowest BCUT2D eigenvalue weighted by atomic mass is 10.1. The highest BCUT2D eigenvalue weighted by atomic mass is 35.5. The third-order valence-corrected chi connectivity index (χ3v) is 6.17. The zero-order valence-electron chi connectivity index (χ0n) is 20.9. The number of nitrogens with zero attached hydrogens (tertiary/aromatic N) is 3. The Bertz CT molecular complexity index is 1060. The largest absolute Gasteiger partial charge is 0.339 e. The lowest BCUT2D eigenvalue weighted by Crippen LogP contribution is -2.34. The molecule has 0 spiro atoms. The van der Waals surface area contributed by atoms with Crippen molar-refractivity contribution in [2.45, 2.75) is 53.5 Å². The number of fused-ring (bicyclic) bond motifs is 1. The number of anilines is 2. The molecule has 1 heterocycles. The van der Waals surface area contributed by atoms with Crippen LogP contribution in [0.25, 0.3) is 11.0 Å². The number of halogens is 1. The first-order chi connectivity index (χ1) is 16.3. The average molecular weight is 484 g/mol. The van der Waals surface area contributed by atoms with Crippen LogP contribution in [-0.2, 0) is 6.54 Å². The number of rotatable bonds is 12. The summed E-state index contributed by atoms with van der Waals surface area (Å²) in [7, 11) is 0. The van der Waals surface area contributed by atoms with E-state index >= 15 is 0 Å². The smallest absolute Gasteiger partial charge is 0.253 e. The molecule has 1 aromatic heterocycles. The monoisotopic (exact) mass is 483 g/mol. The molecule has 0 atom stereocenters. The van der Waals surface area contributed by atoms with Crippen LogP contribution in [0.5, 0.6) is 0 Å². The molecule has 0 aliphatic carbocycles. The summed E-state index contributed by atoms with van der Waals surface area (Å²) in [5, 5.41) is 4.08. The van der Waals surface area contributed by atoms with Crippen LogP contribution in [0.2, 0.25) is 5.02 Å². The van der Waals surface area contributed by atoms with Crippen molar-refractivity contribution in [3.63, 3.8) is 0 Å². The van der Waals surface area contributed by atoms with Crippen LogP contribution < -0.4 is 11.1 Å². The number of imidazole rings is 1. The summed E-state index contributed by atoms with van der Waals surface area (Å²) in [5.74, 6) is 1.92. The highest BCUT2D eigenvalue weighted by Crippen LogP contribution is 2.26. The normalized spacial score (nSPS) is 11.5. The fourth-order valence-electron chi connectivity index (χ4n) is 3.81. The maximum Gasteiger partial charge on any atom is 0.253 e. The second-order valence-electron chi connectivity index (χ2n) is 9.72. The molecule has 0 fully saturated rings. The van der Waals surface area contributed by atoms with Crippen LogP contribution in [-0.4, -0.2) is 40.0 Å². The van der Waals surface area contributed by atoms with Crippen LogP contribution in [0, 0.1) is 11.8 Å². The summed E-state index contributed by atoms with van der Waals surface area (Å²) in [4.78, 5) is 20.3. The predicted octanol–water partition coefficient (Wildman–Crippen LogP) is 6.32. The van der Waals surface area contributed by atoms with Crippen LogP contribution in [0.4, 0.5) is 11.6 Å². The van der Waals surface area contributed by atoms with Crippen LogP contribution in [0.15, 0.2) is 42.5 Å². The number of amides is 1. The second-order valence-corrected chi connectivity index (χ2v) is 10.2. The van der Waals surface area contributed by atoms with Gasteiger partial charge >= 0.3 is 0 Å². The minimum absolute atomic E-state index is 0.0852. The molecular formula is C27H38ClN5O. The van der Waals surface area contributed by atoms with Gasteiger partial charge in [-0.05, 0) is 80.1 Å². The Kier molecular flexibility index (Phi) is 9.36. The average Bonchev–Trinajstić information content (AvgIpc) is 3.14. The zero-order chi connectivity index (χ0) is 24.7. The molecule has 3 aromatic rings. The van der Waals surface area contributed by atoms with Crippen molar-refractivity contribution in [3.05, 3.63) is 53.1 Å². The molecule has 3 rings (SSSR count). The van der Waals surface area contributed by atoms with Crippen molar-refractivity contribution >= 4 is 40.2 Å². The number of hydrogen-bond donors (Lipinski definition) is 2. The van der Waals surface area contributed by atoms with Gasteiger partial charge in [-0.2, -0.15) is 0 Å². The van der Waals surface area contributed by atoms with Gasteiger partial charge in [-0.25, -0.2) is 4.98 Å². The molecule has 1 amide bonds. The molecule has 6 nitrogen and oxygen atoms in total. The Morgan fingerprint density at radius 1 is 1.06 bits per heavy atom. The van der Waals surface area contributed by atoms with E-state index in [9.17, 15) is 4.79 Å². The Morgan fingerprint density at radius 3 is 2.29 bits per heavy atom. The summed E-state index contributed by atoms with van der Waals surface area (Å²) in [6.07, 6.45) is 2.80. The highest BCUT2D eigenvalue weighted by molar-refractivity contribution is 6.30. The Morgan fingerprint density at radius 2 is 1.71 bits per heavy atom. The topological polar surface area (TPSA) is 76.2 Å². The summed E-state index contributed by atoms with van der Waals surface area (Å²) in [5.41, 5.74) is 9.20. The second kappa shape index (κ2) is 12.2. The van der Waals surface area contributed by atoms with E-state index in [0.717, 1.165) is 55.0 Å². The molecule has 0 aliphatic heterocycles. The first kappa shape index (κ1) is 26.0. The quantitative estimate of drug-likeness (QED) is 0.316. The summed E-state index contributed by atoms with van der Waals surface area (Å²) in [6.45, 7) is 11.6. The lowest BCUT2D eigenvalue weighted by molar-refractivity contribution is 0.0741. The molecule has 0 unspecified atom stereocenters. The maximum atomic E-state index is 13.5. The van der Waals surface area contributed by atoms with Gasteiger partial charge in [-0.15, -0.1) is 0 Å². The van der Waals surface area contributed by atoms with E-state index in [4.69, 9.17) is 22.3 Å². The standard InChI is InChI=1S/C27H38ClN5O/c1-19(2)12-16-32(17-13-20(3)4)26(34)21-6-11-24-25(18-21)33(15-5-14-29)27(31-24)30-23-9-7-22(28)8-10-23/h6-11,18-20H,5,12-17,29H2,1-4H3,(H,30,31). The SMILES string of the molecule is CC(C)CCN(CCC(C)C)C(=O)c1ccc2nc(Nc3ccc(Cl)cc3)n(CCCN)c2c1. The van der Waals surface area contributed by atoms with E-state index in [1.54, 1.807) is 0 Å². The lowest BCUT2D eigenvalue weighted by Gasteiger charge is -2.24. The number of carbonyl (C=O) groups excluding carboxylic acids is 1. The molecule has 0 saturated heterocycles. The summed E-state index contributed by atoms with van der Waals surface area (Å²) < 4.78 is 2.11. The van der Waals surface area contributed by atoms with Crippen molar-refractivity contribution in [1.29, 1.82) is 0 Å². The van der Waals surface area contributed by atoms with Crippen molar-refractivity contribution in [2.75, 3.05) is 25.0 Å². The molecule has 2 aromatic carbocycles. The third kappa shape index (κ3) is 6.97. The third-order valence-electron chi connectivity index (χ3n) is 5.92. The molecule has 34 heavy (non-hydrogen) atoms. The van der Waals surface area contributed by atoms with Crippen molar-refractivity contribution in [1.82, 2.24) is 14.5 Å². The summed E-state index contributed by atoms with van der Waals surface area (Å²) >= 11 is 6.03. The first-order valence-corrected chi connectivity index (χ1v) is 12.7. The zero-order valence-corrected chi connectivity index (χ0v) is 21.6. The van der Waals surface area contributed by atoms with Crippen LogP contribution >= 0.6 is 11.6 Å². The number of nitrogens with two attached hydrogens (primary N) is 1. The van der Waals surface area contributed by atoms with Gasteiger partial charge in [-0.3, -0.25) is 4.79 Å². The van der Waals surface area contributed by atoms with E-state index in [1.165, 1.54) is 0 Å². The van der Waals surface area contributed by atoms with Gasteiger partial charge in [0.2, 0.25) is 5.95 Å². The van der Waals surface area contributed by atoms with Gasteiger partial charge in [0.1, 0.15) is 0 Å². The number of aromatic nitrogens is 2. The number of carbonyl (C=O) groups is 1. The Labute approximate surface area is 208 Å². The minimum Gasteiger partial charge on any atom is -0.339 e. The van der Waals surface area contributed by atoms with Gasteiger partial charge in [0.15, 0.2) is 0 Å². The van der Waals surface area contributed by atoms with Gasteiger partial charge < -0.3 is 20.5 Å². The Balaban J connectivity index is 1.93. The van der Waals surface area contributed by atoms with E-state index in [1.807, 2.05) is 47.4 Å². The summed E-state index contributed by atoms with van der Waals surface area (Å²) in [6, 6.07) is 13.3. The van der Waals surface area contributed by atoms with Gasteiger partial charge in [0, 0.05) is 35.9 Å². The predicted molar refractivity (Wildman–Crippen MR) is 143 cm³/mol. The fourth-order valence-corrected chi connectivity index (χ4v) is 3.94. The van der Waals surface area contributed by atoms with E-state index < -0.39 is 0 Å². The van der Waals surface area contributed by atoms with E-state index in [-0.39, 0.29) is 5.91 Å². The first-order valence-electron chi connectivity index (χ1n) is 12.3. The Hall–Kier alpha value is -2.57. The molecule has 184 valence electrons. The van der Waals surface area contributed by atoms with Gasteiger partial charge in [0.05, 0.1) is 11.0 Å². The maximum absolute atomic E-state index is 13.5. The van der Waals surface area contributed by atoms with Crippen molar-refractivity contribution < 1.29 is 4.79 Å².